The molecular weight excluding hydrogens is 486 g/mol. The number of thiocarbonyl (C=S) groups is 1. The van der Waals surface area contributed by atoms with E-state index in [1.165, 1.54) is 29.2 Å². The van der Waals surface area contributed by atoms with E-state index in [0.29, 0.717) is 5.69 Å². The molecule has 0 aliphatic carbocycles. The third-order valence-corrected chi connectivity index (χ3v) is 5.23. The zero-order valence-electron chi connectivity index (χ0n) is 15.6. The van der Waals surface area contributed by atoms with E-state index in [0.717, 1.165) is 4.47 Å². The highest BCUT2D eigenvalue weighted by Crippen LogP contribution is 2.32. The number of carbonyl (C=O) groups is 2. The molecule has 2 amide bonds. The maximum Gasteiger partial charge on any atom is 0.280 e. The number of hydrogen-bond donors (Lipinski definition) is 1. The number of halogens is 1. The molecule has 3 aromatic rings. The van der Waals surface area contributed by atoms with E-state index in [1.54, 1.807) is 42.5 Å². The van der Waals surface area contributed by atoms with E-state index in [2.05, 4.69) is 21.2 Å². The number of nitro groups is 1. The van der Waals surface area contributed by atoms with Crippen LogP contribution < -0.4 is 10.2 Å². The molecule has 1 N–H and O–H groups in total. The molecule has 0 atom stereocenters. The molecular formula is C21H12BrN3O5S. The Morgan fingerprint density at radius 3 is 2.61 bits per heavy atom. The molecule has 1 saturated heterocycles. The van der Waals surface area contributed by atoms with Crippen LogP contribution in [0.2, 0.25) is 0 Å². The van der Waals surface area contributed by atoms with Crippen LogP contribution in [0.5, 0.6) is 0 Å². The summed E-state index contributed by atoms with van der Waals surface area (Å²) in [5, 5.41) is 13.7. The van der Waals surface area contributed by atoms with Gasteiger partial charge in [0.05, 0.1) is 16.2 Å². The average molecular weight is 498 g/mol. The second kappa shape index (κ2) is 8.25. The summed E-state index contributed by atoms with van der Waals surface area (Å²) < 4.78 is 6.41. The van der Waals surface area contributed by atoms with Crippen LogP contribution in [-0.2, 0) is 9.59 Å². The van der Waals surface area contributed by atoms with Gasteiger partial charge in [-0.1, -0.05) is 34.1 Å². The Morgan fingerprint density at radius 2 is 1.87 bits per heavy atom. The summed E-state index contributed by atoms with van der Waals surface area (Å²) in [7, 11) is 0. The van der Waals surface area contributed by atoms with Gasteiger partial charge in [-0.05, 0) is 54.7 Å². The van der Waals surface area contributed by atoms with Crippen LogP contribution in [0.25, 0.3) is 17.4 Å². The van der Waals surface area contributed by atoms with Crippen LogP contribution in [0.1, 0.15) is 5.76 Å². The molecule has 8 nitrogen and oxygen atoms in total. The fourth-order valence-electron chi connectivity index (χ4n) is 3.07. The highest BCUT2D eigenvalue weighted by molar-refractivity contribution is 9.10. The van der Waals surface area contributed by atoms with Crippen molar-refractivity contribution >= 4 is 62.5 Å². The van der Waals surface area contributed by atoms with Gasteiger partial charge in [0, 0.05) is 10.5 Å². The zero-order valence-corrected chi connectivity index (χ0v) is 18.0. The Kier molecular flexibility index (Phi) is 5.49. The fourth-order valence-corrected chi connectivity index (χ4v) is 3.73. The Morgan fingerprint density at radius 1 is 1.10 bits per heavy atom. The van der Waals surface area contributed by atoms with Crippen LogP contribution in [0.3, 0.4) is 0 Å². The minimum atomic E-state index is -0.662. The molecule has 1 aromatic heterocycles. The van der Waals surface area contributed by atoms with Gasteiger partial charge in [-0.2, -0.15) is 0 Å². The Balaban J connectivity index is 1.70. The van der Waals surface area contributed by atoms with Crippen molar-refractivity contribution in [2.45, 2.75) is 0 Å². The number of para-hydroxylation sites is 1. The van der Waals surface area contributed by atoms with Crippen LogP contribution >= 0.6 is 28.1 Å². The molecule has 1 aliphatic rings. The topological polar surface area (TPSA) is 106 Å². The molecule has 0 unspecified atom stereocenters. The number of rotatable bonds is 4. The average Bonchev–Trinajstić information content (AvgIpc) is 3.19. The molecule has 1 fully saturated rings. The lowest BCUT2D eigenvalue weighted by Crippen LogP contribution is -2.54. The normalized spacial score (nSPS) is 15.3. The van der Waals surface area contributed by atoms with E-state index >= 15 is 0 Å². The summed E-state index contributed by atoms with van der Waals surface area (Å²) in [6.07, 6.45) is 1.28. The van der Waals surface area contributed by atoms with E-state index < -0.39 is 16.7 Å². The van der Waals surface area contributed by atoms with Crippen molar-refractivity contribution in [1.29, 1.82) is 0 Å². The number of anilines is 1. The van der Waals surface area contributed by atoms with E-state index in [4.69, 9.17) is 16.6 Å². The third kappa shape index (κ3) is 4.03. The van der Waals surface area contributed by atoms with Gasteiger partial charge < -0.3 is 4.42 Å². The predicted octanol–water partition coefficient (Wildman–Crippen LogP) is 4.45. The van der Waals surface area contributed by atoms with Crippen molar-refractivity contribution in [3.8, 4) is 11.3 Å². The quantitative estimate of drug-likeness (QED) is 0.187. The summed E-state index contributed by atoms with van der Waals surface area (Å²) in [4.78, 5) is 37.4. The first-order valence-electron chi connectivity index (χ1n) is 8.86. The fraction of sp³-hybridized carbons (Fsp3) is 0. The van der Waals surface area contributed by atoms with Crippen LogP contribution in [0.4, 0.5) is 11.4 Å². The van der Waals surface area contributed by atoms with Crippen molar-refractivity contribution in [3.63, 3.8) is 0 Å². The number of nitrogens with zero attached hydrogens (tertiary/aromatic N) is 2. The Bertz CT molecular complexity index is 1280. The van der Waals surface area contributed by atoms with Crippen molar-refractivity contribution in [2.24, 2.45) is 0 Å². The largest absolute Gasteiger partial charge is 0.456 e. The minimum absolute atomic E-state index is 0.0368. The van der Waals surface area contributed by atoms with Gasteiger partial charge in [0.2, 0.25) is 0 Å². The lowest BCUT2D eigenvalue weighted by Gasteiger charge is -2.28. The molecule has 2 aromatic carbocycles. The highest BCUT2D eigenvalue weighted by Gasteiger charge is 2.34. The number of furan rings is 1. The first-order valence-corrected chi connectivity index (χ1v) is 10.1. The van der Waals surface area contributed by atoms with Crippen molar-refractivity contribution in [2.75, 3.05) is 4.90 Å². The Labute approximate surface area is 189 Å². The maximum absolute atomic E-state index is 13.0. The molecule has 10 heteroatoms. The first-order chi connectivity index (χ1) is 14.8. The zero-order chi connectivity index (χ0) is 22.1. The molecule has 31 heavy (non-hydrogen) atoms. The van der Waals surface area contributed by atoms with Gasteiger partial charge in [0.15, 0.2) is 5.11 Å². The van der Waals surface area contributed by atoms with Crippen molar-refractivity contribution in [3.05, 3.63) is 86.6 Å². The lowest BCUT2D eigenvalue weighted by molar-refractivity contribution is -0.384. The molecule has 154 valence electrons. The van der Waals surface area contributed by atoms with Crippen LogP contribution in [-0.4, -0.2) is 21.9 Å². The Hall–Kier alpha value is -3.63. The summed E-state index contributed by atoms with van der Waals surface area (Å²) in [5.41, 5.74) is 0.467. The number of benzene rings is 2. The van der Waals surface area contributed by atoms with Crippen molar-refractivity contribution in [1.82, 2.24) is 5.32 Å². The summed E-state index contributed by atoms with van der Waals surface area (Å²) in [6, 6.07) is 16.1. The first kappa shape index (κ1) is 20.6. The molecule has 0 radical (unpaired) electrons. The number of nitro benzene ring substituents is 1. The number of amides is 2. The SMILES string of the molecule is O=C1NC(=S)N(c2cccc(Br)c2)C(=O)/C1=C\c1ccc(-c2ccccc2[N+](=O)[O-])o1. The summed E-state index contributed by atoms with van der Waals surface area (Å²) in [6.45, 7) is 0. The van der Waals surface area contributed by atoms with Crippen LogP contribution in [0.15, 0.2) is 75.1 Å². The predicted molar refractivity (Wildman–Crippen MR) is 121 cm³/mol. The lowest BCUT2D eigenvalue weighted by atomic mass is 10.1. The molecule has 1 aliphatic heterocycles. The standard InChI is InChI=1S/C21H12BrN3O5S/c22-12-4-3-5-13(10-12)24-20(27)16(19(26)23-21(24)31)11-14-8-9-18(30-14)15-6-1-2-7-17(15)25(28)29/h1-11H,(H,23,26,31)/b16-11-. The van der Waals surface area contributed by atoms with E-state index in [9.17, 15) is 19.7 Å². The molecule has 0 saturated carbocycles. The summed E-state index contributed by atoms with van der Waals surface area (Å²) in [5.74, 6) is -0.851. The van der Waals surface area contributed by atoms with Crippen LogP contribution in [0, 0.1) is 10.1 Å². The van der Waals surface area contributed by atoms with Gasteiger partial charge in [-0.15, -0.1) is 0 Å². The molecule has 0 bridgehead atoms. The maximum atomic E-state index is 13.0. The van der Waals surface area contributed by atoms with E-state index in [-0.39, 0.29) is 33.5 Å². The smallest absolute Gasteiger partial charge is 0.280 e. The molecule has 2 heterocycles. The monoisotopic (exact) mass is 497 g/mol. The highest BCUT2D eigenvalue weighted by atomic mass is 79.9. The van der Waals surface area contributed by atoms with Gasteiger partial charge >= 0.3 is 0 Å². The van der Waals surface area contributed by atoms with Crippen molar-refractivity contribution < 1.29 is 18.9 Å². The van der Waals surface area contributed by atoms with Gasteiger partial charge in [0.1, 0.15) is 17.1 Å². The van der Waals surface area contributed by atoms with Gasteiger partial charge in [-0.3, -0.25) is 29.9 Å². The number of hydrogen-bond acceptors (Lipinski definition) is 6. The third-order valence-electron chi connectivity index (χ3n) is 4.45. The van der Waals surface area contributed by atoms with Gasteiger partial charge in [-0.25, -0.2) is 0 Å². The minimum Gasteiger partial charge on any atom is -0.456 e. The number of nitrogens with one attached hydrogen (secondary N) is 1. The molecule has 4 rings (SSSR count). The second-order valence-corrected chi connectivity index (χ2v) is 7.72. The molecule has 0 spiro atoms. The number of carbonyl (C=O) groups excluding carboxylic acids is 2. The van der Waals surface area contributed by atoms with Gasteiger partial charge in [0.25, 0.3) is 17.5 Å². The van der Waals surface area contributed by atoms with E-state index in [1.807, 2.05) is 0 Å². The second-order valence-electron chi connectivity index (χ2n) is 6.41. The summed E-state index contributed by atoms with van der Waals surface area (Å²) >= 11 is 8.52.